The van der Waals surface area contributed by atoms with Crippen LogP contribution >= 0.6 is 0 Å². The third-order valence-electron chi connectivity index (χ3n) is 4.61. The number of nitrogens with one attached hydrogen (secondary N) is 2. The van der Waals surface area contributed by atoms with Crippen molar-refractivity contribution in [3.63, 3.8) is 0 Å². The second-order valence-corrected chi connectivity index (χ2v) is 6.50. The van der Waals surface area contributed by atoms with Crippen molar-refractivity contribution < 1.29 is 23.9 Å². The Morgan fingerprint density at radius 3 is 2.31 bits per heavy atom. The van der Waals surface area contributed by atoms with Crippen molar-refractivity contribution >= 4 is 23.4 Å². The van der Waals surface area contributed by atoms with Crippen LogP contribution < -0.4 is 25.2 Å². The Balaban J connectivity index is 1.54. The minimum Gasteiger partial charge on any atom is -0.497 e. The van der Waals surface area contributed by atoms with Crippen LogP contribution in [0.1, 0.15) is 23.7 Å². The summed E-state index contributed by atoms with van der Waals surface area (Å²) in [6.45, 7) is 2.71. The highest BCUT2D eigenvalue weighted by molar-refractivity contribution is 6.01. The van der Waals surface area contributed by atoms with Gasteiger partial charge in [-0.15, -0.1) is 0 Å². The lowest BCUT2D eigenvalue weighted by Gasteiger charge is -2.17. The van der Waals surface area contributed by atoms with Crippen LogP contribution in [-0.4, -0.2) is 38.0 Å². The summed E-state index contributed by atoms with van der Waals surface area (Å²) >= 11 is 0. The number of hydrogen-bond donors (Lipinski definition) is 2. The third-order valence-corrected chi connectivity index (χ3v) is 4.61. The van der Waals surface area contributed by atoms with Crippen LogP contribution in [0.4, 0.5) is 5.69 Å². The number of methoxy groups -OCH3 is 1. The molecule has 29 heavy (non-hydrogen) atoms. The molecule has 8 nitrogen and oxygen atoms in total. The molecule has 0 aliphatic carbocycles. The Labute approximate surface area is 168 Å². The molecule has 2 N–H and O–H groups in total. The zero-order chi connectivity index (χ0) is 20.8. The largest absolute Gasteiger partial charge is 0.497 e. The van der Waals surface area contributed by atoms with E-state index in [1.165, 1.54) is 7.11 Å². The van der Waals surface area contributed by atoms with Crippen molar-refractivity contribution in [3.05, 3.63) is 54.1 Å². The van der Waals surface area contributed by atoms with Crippen molar-refractivity contribution in [1.29, 1.82) is 0 Å². The van der Waals surface area contributed by atoms with E-state index in [2.05, 4.69) is 10.9 Å². The van der Waals surface area contributed by atoms with E-state index in [4.69, 9.17) is 9.47 Å². The van der Waals surface area contributed by atoms with Gasteiger partial charge in [0.05, 0.1) is 19.6 Å². The van der Waals surface area contributed by atoms with Crippen molar-refractivity contribution in [2.24, 2.45) is 5.92 Å². The lowest BCUT2D eigenvalue weighted by molar-refractivity contribution is -0.126. The van der Waals surface area contributed by atoms with E-state index >= 15 is 0 Å². The Morgan fingerprint density at radius 1 is 1.03 bits per heavy atom. The average Bonchev–Trinajstić information content (AvgIpc) is 3.14. The first-order chi connectivity index (χ1) is 14.0. The number of anilines is 1. The van der Waals surface area contributed by atoms with Crippen LogP contribution in [0.2, 0.25) is 0 Å². The zero-order valence-corrected chi connectivity index (χ0v) is 16.3. The quantitative estimate of drug-likeness (QED) is 0.726. The number of amides is 3. The van der Waals surface area contributed by atoms with Gasteiger partial charge in [0.15, 0.2) is 0 Å². The molecule has 0 bridgehead atoms. The zero-order valence-electron chi connectivity index (χ0n) is 16.3. The molecule has 1 saturated heterocycles. The average molecular weight is 397 g/mol. The third kappa shape index (κ3) is 4.84. The van der Waals surface area contributed by atoms with E-state index in [1.54, 1.807) is 53.4 Å². The van der Waals surface area contributed by atoms with Crippen molar-refractivity contribution in [3.8, 4) is 11.5 Å². The molecule has 8 heteroatoms. The molecule has 1 fully saturated rings. The van der Waals surface area contributed by atoms with Gasteiger partial charge in [0.2, 0.25) is 11.8 Å². The maximum Gasteiger partial charge on any atom is 0.269 e. The summed E-state index contributed by atoms with van der Waals surface area (Å²) in [7, 11) is 1.54. The number of carbonyl (C=O) groups is 3. The van der Waals surface area contributed by atoms with Gasteiger partial charge in [-0.05, 0) is 55.5 Å². The lowest BCUT2D eigenvalue weighted by atomic mass is 10.1. The standard InChI is InChI=1S/C21H23N3O5/c1-3-29-18-10-6-16(7-11-18)24-13-15(12-19(24)25)21(27)23-22-20(26)14-4-8-17(28-2)9-5-14/h4-11,15H,3,12-13H2,1-2H3,(H,22,26)(H,23,27)/t15-/m0/s1. The first-order valence-corrected chi connectivity index (χ1v) is 9.29. The normalized spacial score (nSPS) is 15.7. The molecule has 2 aromatic carbocycles. The number of hydrogen-bond acceptors (Lipinski definition) is 5. The second-order valence-electron chi connectivity index (χ2n) is 6.50. The second kappa shape index (κ2) is 9.09. The van der Waals surface area contributed by atoms with Gasteiger partial charge >= 0.3 is 0 Å². The van der Waals surface area contributed by atoms with E-state index in [0.29, 0.717) is 23.6 Å². The van der Waals surface area contributed by atoms with Crippen molar-refractivity contribution in [1.82, 2.24) is 10.9 Å². The summed E-state index contributed by atoms with van der Waals surface area (Å²) in [6, 6.07) is 13.6. The fourth-order valence-corrected chi connectivity index (χ4v) is 3.06. The predicted molar refractivity (Wildman–Crippen MR) is 107 cm³/mol. The maximum atomic E-state index is 12.4. The lowest BCUT2D eigenvalue weighted by Crippen LogP contribution is -2.45. The van der Waals surface area contributed by atoms with Crippen LogP contribution in [0.3, 0.4) is 0 Å². The van der Waals surface area contributed by atoms with Crippen LogP contribution in [0.5, 0.6) is 11.5 Å². The molecule has 3 amide bonds. The van der Waals surface area contributed by atoms with E-state index in [0.717, 1.165) is 5.75 Å². The Morgan fingerprint density at radius 2 is 1.69 bits per heavy atom. The topological polar surface area (TPSA) is 97.0 Å². The number of nitrogens with zero attached hydrogens (tertiary/aromatic N) is 1. The van der Waals surface area contributed by atoms with E-state index in [-0.39, 0.29) is 18.9 Å². The molecule has 3 rings (SSSR count). The van der Waals surface area contributed by atoms with Gasteiger partial charge in [-0.3, -0.25) is 25.2 Å². The summed E-state index contributed by atoms with van der Waals surface area (Å²) in [4.78, 5) is 38.4. The molecule has 0 saturated carbocycles. The highest BCUT2D eigenvalue weighted by atomic mass is 16.5. The molecule has 0 spiro atoms. The molecule has 1 aliphatic rings. The van der Waals surface area contributed by atoms with Crippen LogP contribution in [0, 0.1) is 5.92 Å². The molecule has 1 aliphatic heterocycles. The summed E-state index contributed by atoms with van der Waals surface area (Å²) in [5, 5.41) is 0. The Hall–Kier alpha value is -3.55. The number of ether oxygens (including phenoxy) is 2. The fraction of sp³-hybridized carbons (Fsp3) is 0.286. The van der Waals surface area contributed by atoms with E-state index in [1.807, 2.05) is 6.92 Å². The van der Waals surface area contributed by atoms with E-state index < -0.39 is 17.7 Å². The molecule has 0 aromatic heterocycles. The summed E-state index contributed by atoms with van der Waals surface area (Å²) in [6.07, 6.45) is 0.0808. The first kappa shape index (κ1) is 20.2. The SMILES string of the molecule is CCOc1ccc(N2C[C@@H](C(=O)NNC(=O)c3ccc(OC)cc3)CC2=O)cc1. The van der Waals surface area contributed by atoms with Crippen LogP contribution in [0.25, 0.3) is 0 Å². The maximum absolute atomic E-state index is 12.4. The van der Waals surface area contributed by atoms with Gasteiger partial charge in [0.1, 0.15) is 11.5 Å². The van der Waals surface area contributed by atoms with Gasteiger partial charge in [-0.2, -0.15) is 0 Å². The number of benzene rings is 2. The molecule has 0 radical (unpaired) electrons. The molecule has 1 heterocycles. The van der Waals surface area contributed by atoms with Gasteiger partial charge < -0.3 is 14.4 Å². The van der Waals surface area contributed by atoms with Crippen LogP contribution in [0.15, 0.2) is 48.5 Å². The summed E-state index contributed by atoms with van der Waals surface area (Å²) in [5.74, 6) is -0.203. The minimum absolute atomic E-state index is 0.0808. The number of carbonyl (C=O) groups excluding carboxylic acids is 3. The number of hydrazine groups is 1. The fourth-order valence-electron chi connectivity index (χ4n) is 3.06. The molecule has 2 aromatic rings. The van der Waals surface area contributed by atoms with Gasteiger partial charge in [0, 0.05) is 24.2 Å². The first-order valence-electron chi connectivity index (χ1n) is 9.29. The molecule has 0 unspecified atom stereocenters. The molecular formula is C21H23N3O5. The molecular weight excluding hydrogens is 374 g/mol. The predicted octanol–water partition coefficient (Wildman–Crippen LogP) is 1.91. The highest BCUT2D eigenvalue weighted by Crippen LogP contribution is 2.27. The Kier molecular flexibility index (Phi) is 6.33. The smallest absolute Gasteiger partial charge is 0.269 e. The molecule has 1 atom stereocenters. The van der Waals surface area contributed by atoms with Gasteiger partial charge in [-0.1, -0.05) is 0 Å². The monoisotopic (exact) mass is 397 g/mol. The minimum atomic E-state index is -0.551. The highest BCUT2D eigenvalue weighted by Gasteiger charge is 2.35. The van der Waals surface area contributed by atoms with Crippen LogP contribution in [-0.2, 0) is 9.59 Å². The van der Waals surface area contributed by atoms with Crippen molar-refractivity contribution in [2.75, 3.05) is 25.2 Å². The number of rotatable bonds is 6. The van der Waals surface area contributed by atoms with Gasteiger partial charge in [0.25, 0.3) is 5.91 Å². The van der Waals surface area contributed by atoms with Crippen molar-refractivity contribution in [2.45, 2.75) is 13.3 Å². The summed E-state index contributed by atoms with van der Waals surface area (Å²) < 4.78 is 10.4. The van der Waals surface area contributed by atoms with E-state index in [9.17, 15) is 14.4 Å². The Bertz CT molecular complexity index is 880. The van der Waals surface area contributed by atoms with Gasteiger partial charge in [-0.25, -0.2) is 0 Å². The summed E-state index contributed by atoms with van der Waals surface area (Å²) in [5.41, 5.74) is 5.86. The molecule has 152 valence electrons.